The molecule has 0 aliphatic rings. The molecule has 8 nitrogen and oxygen atoms in total. The first-order valence-corrected chi connectivity index (χ1v) is 8.51. The van der Waals surface area contributed by atoms with Gasteiger partial charge in [0.25, 0.3) is 6.47 Å². The summed E-state index contributed by atoms with van der Waals surface area (Å²) >= 11 is 0. The summed E-state index contributed by atoms with van der Waals surface area (Å²) in [5, 5.41) is 14.1. The summed E-state index contributed by atoms with van der Waals surface area (Å²) in [5.41, 5.74) is 1.10. The average molecular weight is 369 g/mol. The van der Waals surface area contributed by atoms with Gasteiger partial charge in [-0.3, -0.25) is 14.3 Å². The number of aryl methyl sites for hydroxylation is 2. The van der Waals surface area contributed by atoms with E-state index in [1.165, 1.54) is 0 Å². The number of carbonyl (C=O) groups excluding carboxylic acids is 1. The van der Waals surface area contributed by atoms with Crippen LogP contribution in [0.4, 0.5) is 0 Å². The quantitative estimate of drug-likeness (QED) is 0.621. The van der Waals surface area contributed by atoms with E-state index in [2.05, 4.69) is 20.0 Å². The van der Waals surface area contributed by atoms with Crippen LogP contribution in [0.3, 0.4) is 0 Å². The van der Waals surface area contributed by atoms with Gasteiger partial charge in [-0.1, -0.05) is 30.3 Å². The number of aromatic nitrogens is 4. The Morgan fingerprint density at radius 2 is 1.96 bits per heavy atom. The number of hydrogen-bond donors (Lipinski definition) is 2. The Morgan fingerprint density at radius 1 is 1.22 bits per heavy atom. The highest BCUT2D eigenvalue weighted by atomic mass is 16.3. The normalized spacial score (nSPS) is 11.1. The Balaban J connectivity index is 0.000000817. The fraction of sp³-hybridized carbons (Fsp3) is 0.263. The maximum Gasteiger partial charge on any atom is 0.290 e. The summed E-state index contributed by atoms with van der Waals surface area (Å²) in [6.07, 6.45) is 8.01. The number of hydrogen-bond acceptors (Lipinski definition) is 4. The second kappa shape index (κ2) is 10.5. The lowest BCUT2D eigenvalue weighted by atomic mass is 10.0. The molecule has 2 heterocycles. The van der Waals surface area contributed by atoms with Gasteiger partial charge in [0.2, 0.25) is 5.91 Å². The van der Waals surface area contributed by atoms with E-state index in [9.17, 15) is 4.79 Å². The molecule has 8 heteroatoms. The molecule has 0 aliphatic heterocycles. The first-order valence-electron chi connectivity index (χ1n) is 8.51. The van der Waals surface area contributed by atoms with Crippen LogP contribution in [-0.2, 0) is 22.7 Å². The van der Waals surface area contributed by atoms with Crippen molar-refractivity contribution in [1.82, 2.24) is 24.6 Å². The Bertz CT molecular complexity index is 815. The smallest absolute Gasteiger partial charge is 0.290 e. The molecule has 1 atom stereocenters. The van der Waals surface area contributed by atoms with E-state index in [-0.39, 0.29) is 25.0 Å². The lowest BCUT2D eigenvalue weighted by Crippen LogP contribution is -2.32. The fourth-order valence-electron chi connectivity index (χ4n) is 2.70. The van der Waals surface area contributed by atoms with Crippen molar-refractivity contribution >= 4 is 12.4 Å². The minimum atomic E-state index is -0.250. The van der Waals surface area contributed by atoms with Crippen LogP contribution in [0, 0.1) is 6.92 Å². The van der Waals surface area contributed by atoms with Crippen LogP contribution in [0.5, 0.6) is 0 Å². The van der Waals surface area contributed by atoms with Gasteiger partial charge in [-0.25, -0.2) is 4.98 Å². The molecule has 2 N–H and O–H groups in total. The Hall–Kier alpha value is -3.42. The summed E-state index contributed by atoms with van der Waals surface area (Å²) in [6.45, 7) is 2.75. The maximum atomic E-state index is 12.3. The molecule has 142 valence electrons. The monoisotopic (exact) mass is 369 g/mol. The zero-order chi connectivity index (χ0) is 19.5. The lowest BCUT2D eigenvalue weighted by Gasteiger charge is -2.20. The molecule has 3 rings (SSSR count). The third-order valence-electron chi connectivity index (χ3n) is 3.98. The maximum absolute atomic E-state index is 12.3. The van der Waals surface area contributed by atoms with E-state index in [1.807, 2.05) is 49.5 Å². The van der Waals surface area contributed by atoms with Crippen molar-refractivity contribution in [3.63, 3.8) is 0 Å². The van der Waals surface area contributed by atoms with Crippen molar-refractivity contribution in [1.29, 1.82) is 0 Å². The van der Waals surface area contributed by atoms with Gasteiger partial charge in [0, 0.05) is 31.3 Å². The zero-order valence-corrected chi connectivity index (χ0v) is 15.1. The van der Waals surface area contributed by atoms with Gasteiger partial charge in [0.05, 0.1) is 6.04 Å². The molecule has 3 aromatic rings. The Labute approximate surface area is 157 Å². The molecule has 0 spiro atoms. The van der Waals surface area contributed by atoms with E-state index in [4.69, 9.17) is 9.90 Å². The number of amides is 1. The minimum Gasteiger partial charge on any atom is -0.483 e. The molecule has 0 saturated carbocycles. The molecule has 0 bridgehead atoms. The molecule has 2 aromatic heterocycles. The number of carbonyl (C=O) groups is 2. The Morgan fingerprint density at radius 3 is 2.56 bits per heavy atom. The second-order valence-electron chi connectivity index (χ2n) is 5.80. The van der Waals surface area contributed by atoms with Crippen LogP contribution in [-0.4, -0.2) is 36.8 Å². The van der Waals surface area contributed by atoms with Gasteiger partial charge >= 0.3 is 0 Å². The lowest BCUT2D eigenvalue weighted by molar-refractivity contribution is -0.123. The van der Waals surface area contributed by atoms with Crippen LogP contribution in [0.1, 0.15) is 23.9 Å². The van der Waals surface area contributed by atoms with Gasteiger partial charge in [0.1, 0.15) is 12.4 Å². The highest BCUT2D eigenvalue weighted by Crippen LogP contribution is 2.18. The van der Waals surface area contributed by atoms with Crippen LogP contribution in [0.2, 0.25) is 0 Å². The van der Waals surface area contributed by atoms with Crippen LogP contribution < -0.4 is 5.32 Å². The fourth-order valence-corrected chi connectivity index (χ4v) is 2.70. The van der Waals surface area contributed by atoms with E-state index in [0.29, 0.717) is 0 Å². The number of rotatable bonds is 7. The molecule has 27 heavy (non-hydrogen) atoms. The molecular formula is C19H23N5O3. The van der Waals surface area contributed by atoms with Crippen molar-refractivity contribution in [3.05, 3.63) is 72.6 Å². The van der Waals surface area contributed by atoms with Gasteiger partial charge in [0.15, 0.2) is 0 Å². The van der Waals surface area contributed by atoms with Gasteiger partial charge < -0.3 is 15.0 Å². The predicted molar refractivity (Wildman–Crippen MR) is 99.8 cm³/mol. The van der Waals surface area contributed by atoms with E-state index < -0.39 is 0 Å². The average Bonchev–Trinajstić information content (AvgIpc) is 3.32. The molecule has 1 amide bonds. The van der Waals surface area contributed by atoms with Gasteiger partial charge in [-0.15, -0.1) is 0 Å². The molecule has 0 fully saturated rings. The van der Waals surface area contributed by atoms with Crippen LogP contribution in [0.25, 0.3) is 0 Å². The van der Waals surface area contributed by atoms with Crippen LogP contribution >= 0.6 is 0 Å². The van der Waals surface area contributed by atoms with Gasteiger partial charge in [-0.2, -0.15) is 5.10 Å². The third kappa shape index (κ3) is 6.43. The second-order valence-corrected chi connectivity index (χ2v) is 5.80. The number of nitrogens with one attached hydrogen (secondary N) is 1. The number of carboxylic acid groups (broad SMARTS) is 1. The zero-order valence-electron chi connectivity index (χ0n) is 15.1. The Kier molecular flexibility index (Phi) is 7.77. The third-order valence-corrected chi connectivity index (χ3v) is 3.98. The number of nitrogens with zero attached hydrogens (tertiary/aromatic N) is 4. The van der Waals surface area contributed by atoms with Crippen LogP contribution in [0.15, 0.2) is 61.2 Å². The molecular weight excluding hydrogens is 346 g/mol. The van der Waals surface area contributed by atoms with E-state index in [1.54, 1.807) is 23.3 Å². The standard InChI is InChI=1S/C18H21N5O.CH2O2/c1-15-19-10-13-22(15)12-8-17(16-6-3-2-4-7-16)21-18(24)14-23-11-5-9-20-23;2-1-3/h2-7,9-11,13,17H,8,12,14H2,1H3,(H,21,24);1H,(H,2,3). The predicted octanol–water partition coefficient (Wildman–Crippen LogP) is 2.04. The molecule has 0 aliphatic carbocycles. The van der Waals surface area contributed by atoms with Crippen molar-refractivity contribution in [2.24, 2.45) is 0 Å². The van der Waals surface area contributed by atoms with Crippen molar-refractivity contribution in [2.75, 3.05) is 0 Å². The molecule has 1 aromatic carbocycles. The minimum absolute atomic E-state index is 0.0453. The van der Waals surface area contributed by atoms with E-state index >= 15 is 0 Å². The molecule has 0 saturated heterocycles. The summed E-state index contributed by atoms with van der Waals surface area (Å²) in [6, 6.07) is 11.8. The van der Waals surface area contributed by atoms with Crippen molar-refractivity contribution < 1.29 is 14.7 Å². The first kappa shape index (κ1) is 19.9. The van der Waals surface area contributed by atoms with Gasteiger partial charge in [-0.05, 0) is 25.0 Å². The van der Waals surface area contributed by atoms with Crippen molar-refractivity contribution in [2.45, 2.75) is 32.5 Å². The topological polar surface area (TPSA) is 102 Å². The summed E-state index contributed by atoms with van der Waals surface area (Å²) < 4.78 is 3.72. The molecule has 0 radical (unpaired) electrons. The summed E-state index contributed by atoms with van der Waals surface area (Å²) in [7, 11) is 0. The first-order chi connectivity index (χ1) is 13.1. The van der Waals surface area contributed by atoms with E-state index in [0.717, 1.165) is 24.4 Å². The highest BCUT2D eigenvalue weighted by Gasteiger charge is 2.15. The largest absolute Gasteiger partial charge is 0.483 e. The summed E-state index contributed by atoms with van der Waals surface area (Å²) in [5.74, 6) is 0.930. The number of benzene rings is 1. The SMILES string of the molecule is Cc1nccn1CCC(NC(=O)Cn1cccn1)c1ccccc1.O=CO. The number of imidazole rings is 1. The highest BCUT2D eigenvalue weighted by molar-refractivity contribution is 5.76. The van der Waals surface area contributed by atoms with Crippen molar-refractivity contribution in [3.8, 4) is 0 Å². The summed E-state index contributed by atoms with van der Waals surface area (Å²) in [4.78, 5) is 24.9. The molecule has 1 unspecified atom stereocenters.